The maximum absolute atomic E-state index is 11.7. The van der Waals surface area contributed by atoms with Crippen LogP contribution in [0, 0.1) is 12.3 Å². The lowest BCUT2D eigenvalue weighted by Crippen LogP contribution is -2.48. The molecule has 18 heavy (non-hydrogen) atoms. The van der Waals surface area contributed by atoms with Gasteiger partial charge in [-0.2, -0.15) is 0 Å². The number of carbonyl (C=O) groups excluding carboxylic acids is 1. The summed E-state index contributed by atoms with van der Waals surface area (Å²) in [5.74, 6) is -0.112. The number of amides is 1. The van der Waals surface area contributed by atoms with Crippen LogP contribution in [0.5, 0.6) is 0 Å². The second-order valence-corrected chi connectivity index (χ2v) is 6.23. The molecule has 1 heterocycles. The lowest BCUT2D eigenvalue weighted by Gasteiger charge is -2.25. The van der Waals surface area contributed by atoms with E-state index in [4.69, 9.17) is 5.73 Å². The molecule has 0 unspecified atom stereocenters. The first-order chi connectivity index (χ1) is 7.30. The van der Waals surface area contributed by atoms with Crippen LogP contribution in [-0.2, 0) is 11.3 Å². The Hall–Kier alpha value is -0.360. The minimum absolute atomic E-state index is 0. The normalized spacial score (nSPS) is 12.1. The topological polar surface area (TPSA) is 68.0 Å². The molecule has 1 amide bonds. The van der Waals surface area contributed by atoms with E-state index in [0.29, 0.717) is 6.54 Å². The van der Waals surface area contributed by atoms with Crippen molar-refractivity contribution in [1.82, 2.24) is 10.3 Å². The molecule has 0 fully saturated rings. The number of rotatable bonds is 3. The molecule has 0 spiro atoms. The van der Waals surface area contributed by atoms with Crippen LogP contribution >= 0.6 is 36.2 Å². The Balaban J connectivity index is 0. The molecule has 1 atom stereocenters. The van der Waals surface area contributed by atoms with Crippen molar-refractivity contribution in [2.75, 3.05) is 0 Å². The summed E-state index contributed by atoms with van der Waals surface area (Å²) in [6.45, 7) is 8.31. The van der Waals surface area contributed by atoms with Gasteiger partial charge in [0.25, 0.3) is 0 Å². The number of halogens is 2. The summed E-state index contributed by atoms with van der Waals surface area (Å²) in [5.41, 5.74) is 5.62. The molecule has 0 aromatic carbocycles. The number of nitrogens with one attached hydrogen (secondary N) is 1. The van der Waals surface area contributed by atoms with E-state index in [0.717, 1.165) is 9.88 Å². The van der Waals surface area contributed by atoms with E-state index in [1.54, 1.807) is 17.5 Å². The quantitative estimate of drug-likeness (QED) is 0.899. The predicted octanol–water partition coefficient (Wildman–Crippen LogP) is 2.28. The van der Waals surface area contributed by atoms with Crippen molar-refractivity contribution in [1.29, 1.82) is 0 Å². The fourth-order valence-corrected chi connectivity index (χ4v) is 1.90. The first-order valence-corrected chi connectivity index (χ1v) is 6.07. The zero-order valence-electron chi connectivity index (χ0n) is 11.0. The van der Waals surface area contributed by atoms with Crippen LogP contribution in [0.15, 0.2) is 6.20 Å². The molecule has 1 rings (SSSR count). The molecule has 0 radical (unpaired) electrons. The van der Waals surface area contributed by atoms with E-state index in [9.17, 15) is 4.79 Å². The molecule has 0 bridgehead atoms. The van der Waals surface area contributed by atoms with Crippen molar-refractivity contribution in [3.8, 4) is 0 Å². The Bertz CT molecular complexity index is 377. The van der Waals surface area contributed by atoms with Gasteiger partial charge < -0.3 is 11.1 Å². The van der Waals surface area contributed by atoms with Gasteiger partial charge in [0.2, 0.25) is 5.91 Å². The third-order valence-electron chi connectivity index (χ3n) is 2.32. The van der Waals surface area contributed by atoms with Crippen LogP contribution < -0.4 is 11.1 Å². The Morgan fingerprint density at radius 3 is 2.44 bits per heavy atom. The zero-order chi connectivity index (χ0) is 12.3. The second kappa shape index (κ2) is 7.94. The molecule has 3 N–H and O–H groups in total. The minimum Gasteiger partial charge on any atom is -0.350 e. The van der Waals surface area contributed by atoms with Gasteiger partial charge in [0, 0.05) is 11.1 Å². The van der Waals surface area contributed by atoms with Crippen LogP contribution in [0.2, 0.25) is 0 Å². The molecule has 4 nitrogen and oxygen atoms in total. The molecule has 0 saturated carbocycles. The van der Waals surface area contributed by atoms with Crippen molar-refractivity contribution < 1.29 is 4.79 Å². The highest BCUT2D eigenvalue weighted by Gasteiger charge is 2.27. The van der Waals surface area contributed by atoms with Gasteiger partial charge in [-0.15, -0.1) is 36.2 Å². The van der Waals surface area contributed by atoms with Crippen molar-refractivity contribution in [3.05, 3.63) is 16.1 Å². The Kier molecular flexibility index (Phi) is 8.81. The second-order valence-electron chi connectivity index (χ2n) is 4.91. The maximum atomic E-state index is 11.7. The summed E-state index contributed by atoms with van der Waals surface area (Å²) in [5, 5.41) is 3.83. The van der Waals surface area contributed by atoms with Crippen LogP contribution in [0.25, 0.3) is 0 Å². The molecule has 0 saturated heterocycles. The number of aromatic nitrogens is 1. The van der Waals surface area contributed by atoms with E-state index < -0.39 is 6.04 Å². The van der Waals surface area contributed by atoms with Crippen molar-refractivity contribution in [2.45, 2.75) is 40.3 Å². The predicted molar refractivity (Wildman–Crippen MR) is 80.6 cm³/mol. The standard InChI is InChI=1S/C11H19N3OS.2ClH/c1-7-13-5-8(16-7)6-14-10(15)9(12)11(2,3)4;;/h5,9H,6,12H2,1-4H3,(H,14,15);2*1H/t9-;;/m1../s1. The van der Waals surface area contributed by atoms with Gasteiger partial charge in [-0.25, -0.2) is 4.98 Å². The van der Waals surface area contributed by atoms with Crippen LogP contribution in [0.1, 0.15) is 30.7 Å². The number of carbonyl (C=O) groups is 1. The van der Waals surface area contributed by atoms with Crippen molar-refractivity contribution in [2.24, 2.45) is 11.1 Å². The fraction of sp³-hybridized carbons (Fsp3) is 0.636. The number of thiazole rings is 1. The first-order valence-electron chi connectivity index (χ1n) is 5.25. The van der Waals surface area contributed by atoms with E-state index in [2.05, 4.69) is 10.3 Å². The summed E-state index contributed by atoms with van der Waals surface area (Å²) >= 11 is 1.58. The molecule has 7 heteroatoms. The van der Waals surface area contributed by atoms with Crippen LogP contribution in [-0.4, -0.2) is 16.9 Å². The van der Waals surface area contributed by atoms with E-state index in [1.165, 1.54) is 0 Å². The van der Waals surface area contributed by atoms with Gasteiger partial charge in [-0.3, -0.25) is 4.79 Å². The summed E-state index contributed by atoms with van der Waals surface area (Å²) in [7, 11) is 0. The molecular weight excluding hydrogens is 293 g/mol. The Labute approximate surface area is 125 Å². The lowest BCUT2D eigenvalue weighted by atomic mass is 9.87. The summed E-state index contributed by atoms with van der Waals surface area (Å²) in [4.78, 5) is 16.9. The highest BCUT2D eigenvalue weighted by molar-refractivity contribution is 7.11. The van der Waals surface area contributed by atoms with E-state index in [1.807, 2.05) is 27.7 Å². The Morgan fingerprint density at radius 2 is 2.06 bits per heavy atom. The third kappa shape index (κ3) is 6.00. The SMILES string of the molecule is Cc1ncc(CNC(=O)[C@@H](N)C(C)(C)C)s1.Cl.Cl. The van der Waals surface area contributed by atoms with Gasteiger partial charge in [0.15, 0.2) is 0 Å². The molecule has 1 aromatic heterocycles. The molecular formula is C11H21Cl2N3OS. The zero-order valence-corrected chi connectivity index (χ0v) is 13.5. The number of aryl methyl sites for hydroxylation is 1. The smallest absolute Gasteiger partial charge is 0.237 e. The molecule has 1 aromatic rings. The number of hydrogen-bond donors (Lipinski definition) is 2. The summed E-state index contributed by atoms with van der Waals surface area (Å²) in [6.07, 6.45) is 1.78. The highest BCUT2D eigenvalue weighted by atomic mass is 35.5. The first kappa shape index (κ1) is 20.0. The lowest BCUT2D eigenvalue weighted by molar-refractivity contribution is -0.124. The number of hydrogen-bond acceptors (Lipinski definition) is 4. The number of nitrogens with zero attached hydrogens (tertiary/aromatic N) is 1. The maximum Gasteiger partial charge on any atom is 0.237 e. The summed E-state index contributed by atoms with van der Waals surface area (Å²) < 4.78 is 0. The largest absolute Gasteiger partial charge is 0.350 e. The van der Waals surface area contributed by atoms with Crippen LogP contribution in [0.3, 0.4) is 0 Å². The van der Waals surface area contributed by atoms with E-state index in [-0.39, 0.29) is 36.1 Å². The molecule has 106 valence electrons. The molecule has 0 aliphatic heterocycles. The summed E-state index contributed by atoms with van der Waals surface area (Å²) in [6, 6.07) is -0.485. The molecule has 0 aliphatic rings. The average Bonchev–Trinajstić information content (AvgIpc) is 2.58. The van der Waals surface area contributed by atoms with Crippen molar-refractivity contribution >= 4 is 42.1 Å². The van der Waals surface area contributed by atoms with Crippen molar-refractivity contribution in [3.63, 3.8) is 0 Å². The number of nitrogens with two attached hydrogens (primary N) is 1. The fourth-order valence-electron chi connectivity index (χ4n) is 1.16. The monoisotopic (exact) mass is 313 g/mol. The van der Waals surface area contributed by atoms with Crippen LogP contribution in [0.4, 0.5) is 0 Å². The van der Waals surface area contributed by atoms with Gasteiger partial charge in [-0.05, 0) is 12.3 Å². The van der Waals surface area contributed by atoms with Gasteiger partial charge in [-0.1, -0.05) is 20.8 Å². The molecule has 0 aliphatic carbocycles. The van der Waals surface area contributed by atoms with Gasteiger partial charge >= 0.3 is 0 Å². The Morgan fingerprint density at radius 1 is 1.50 bits per heavy atom. The minimum atomic E-state index is -0.485. The van der Waals surface area contributed by atoms with Gasteiger partial charge in [0.05, 0.1) is 17.6 Å². The highest BCUT2D eigenvalue weighted by Crippen LogP contribution is 2.17. The third-order valence-corrected chi connectivity index (χ3v) is 3.23. The average molecular weight is 314 g/mol. The van der Waals surface area contributed by atoms with E-state index >= 15 is 0 Å². The van der Waals surface area contributed by atoms with Gasteiger partial charge in [0.1, 0.15) is 0 Å².